The lowest BCUT2D eigenvalue weighted by Gasteiger charge is -2.00. The molecule has 6 heteroatoms. The van der Waals surface area contributed by atoms with Crippen LogP contribution in [0.1, 0.15) is 30.6 Å². The van der Waals surface area contributed by atoms with E-state index in [1.165, 1.54) is 23.5 Å². The van der Waals surface area contributed by atoms with E-state index in [-0.39, 0.29) is 11.7 Å². The Balaban J connectivity index is 1.68. The van der Waals surface area contributed by atoms with Gasteiger partial charge in [-0.05, 0) is 37.6 Å². The third kappa shape index (κ3) is 3.83. The first kappa shape index (κ1) is 15.8. The number of thiazole rings is 1. The standard InChI is InChI=1S/C17H15FN2OS2/c1-10-7-15(11(2)22-10)16(21)20-17-19-9-14(23-17)8-12-3-5-13(18)6-4-12/h3-7,9H,8H2,1-2H3,(H,19,20,21). The van der Waals surface area contributed by atoms with Crippen molar-refractivity contribution in [3.8, 4) is 0 Å². The molecule has 0 atom stereocenters. The Kier molecular flexibility index (Phi) is 4.54. The molecule has 23 heavy (non-hydrogen) atoms. The summed E-state index contributed by atoms with van der Waals surface area (Å²) in [6, 6.07) is 8.29. The molecule has 0 bridgehead atoms. The van der Waals surface area contributed by atoms with Gasteiger partial charge in [0.15, 0.2) is 5.13 Å². The van der Waals surface area contributed by atoms with Gasteiger partial charge < -0.3 is 0 Å². The van der Waals surface area contributed by atoms with Gasteiger partial charge in [-0.15, -0.1) is 22.7 Å². The molecule has 0 radical (unpaired) electrons. The van der Waals surface area contributed by atoms with Gasteiger partial charge in [-0.25, -0.2) is 9.37 Å². The van der Waals surface area contributed by atoms with E-state index in [4.69, 9.17) is 0 Å². The van der Waals surface area contributed by atoms with E-state index in [0.717, 1.165) is 20.2 Å². The third-order valence-corrected chi connectivity index (χ3v) is 5.23. The maximum Gasteiger partial charge on any atom is 0.258 e. The molecule has 3 aromatic rings. The van der Waals surface area contributed by atoms with E-state index in [1.54, 1.807) is 29.7 Å². The number of aryl methyl sites for hydroxylation is 2. The minimum atomic E-state index is -0.243. The number of carbonyl (C=O) groups excluding carboxylic acids is 1. The van der Waals surface area contributed by atoms with Crippen LogP contribution in [0.3, 0.4) is 0 Å². The number of halogens is 1. The first-order chi connectivity index (χ1) is 11.0. The minimum absolute atomic E-state index is 0.130. The summed E-state index contributed by atoms with van der Waals surface area (Å²) in [4.78, 5) is 19.7. The van der Waals surface area contributed by atoms with Gasteiger partial charge in [0.1, 0.15) is 5.82 Å². The molecule has 0 saturated heterocycles. The van der Waals surface area contributed by atoms with Crippen LogP contribution in [0.25, 0.3) is 0 Å². The molecular weight excluding hydrogens is 331 g/mol. The Morgan fingerprint density at radius 1 is 1.22 bits per heavy atom. The average Bonchev–Trinajstić information content (AvgIpc) is 3.07. The largest absolute Gasteiger partial charge is 0.298 e. The number of nitrogens with one attached hydrogen (secondary N) is 1. The van der Waals surface area contributed by atoms with Gasteiger partial charge in [0.05, 0.1) is 5.56 Å². The van der Waals surface area contributed by atoms with Gasteiger partial charge >= 0.3 is 0 Å². The summed E-state index contributed by atoms with van der Waals surface area (Å²) in [5, 5.41) is 3.42. The van der Waals surface area contributed by atoms with E-state index < -0.39 is 0 Å². The van der Waals surface area contributed by atoms with Crippen molar-refractivity contribution in [3.63, 3.8) is 0 Å². The molecule has 1 aromatic carbocycles. The summed E-state index contributed by atoms with van der Waals surface area (Å²) >= 11 is 3.04. The number of thiophene rings is 1. The van der Waals surface area contributed by atoms with Crippen LogP contribution in [0.4, 0.5) is 9.52 Å². The highest BCUT2D eigenvalue weighted by atomic mass is 32.1. The molecule has 1 amide bonds. The number of hydrogen-bond acceptors (Lipinski definition) is 4. The molecular formula is C17H15FN2OS2. The molecule has 0 fully saturated rings. The first-order valence-electron chi connectivity index (χ1n) is 7.09. The monoisotopic (exact) mass is 346 g/mol. The Morgan fingerprint density at radius 2 is 1.96 bits per heavy atom. The minimum Gasteiger partial charge on any atom is -0.298 e. The zero-order chi connectivity index (χ0) is 16.4. The van der Waals surface area contributed by atoms with Crippen molar-refractivity contribution in [2.75, 3.05) is 5.32 Å². The van der Waals surface area contributed by atoms with Crippen molar-refractivity contribution in [2.24, 2.45) is 0 Å². The normalized spacial score (nSPS) is 10.7. The zero-order valence-electron chi connectivity index (χ0n) is 12.7. The highest BCUT2D eigenvalue weighted by molar-refractivity contribution is 7.15. The fraction of sp³-hybridized carbons (Fsp3) is 0.176. The van der Waals surface area contributed by atoms with Crippen LogP contribution < -0.4 is 5.32 Å². The van der Waals surface area contributed by atoms with Gasteiger partial charge in [0.25, 0.3) is 5.91 Å². The summed E-state index contributed by atoms with van der Waals surface area (Å²) in [6.07, 6.45) is 2.42. The molecule has 0 saturated carbocycles. The number of carbonyl (C=O) groups is 1. The van der Waals surface area contributed by atoms with Crippen LogP contribution in [0, 0.1) is 19.7 Å². The van der Waals surface area contributed by atoms with Crippen LogP contribution in [0.2, 0.25) is 0 Å². The van der Waals surface area contributed by atoms with Crippen LogP contribution in [0.15, 0.2) is 36.5 Å². The van der Waals surface area contributed by atoms with Gasteiger partial charge in [0, 0.05) is 27.2 Å². The topological polar surface area (TPSA) is 42.0 Å². The molecule has 0 aliphatic carbocycles. The van der Waals surface area contributed by atoms with Crippen molar-refractivity contribution < 1.29 is 9.18 Å². The fourth-order valence-electron chi connectivity index (χ4n) is 2.27. The second-order valence-corrected chi connectivity index (χ2v) is 7.79. The van der Waals surface area contributed by atoms with Crippen molar-refractivity contribution in [3.05, 3.63) is 68.1 Å². The number of anilines is 1. The Morgan fingerprint density at radius 3 is 2.61 bits per heavy atom. The Labute approximate surface area is 141 Å². The van der Waals surface area contributed by atoms with Gasteiger partial charge in [-0.3, -0.25) is 10.1 Å². The number of nitrogens with zero attached hydrogens (tertiary/aromatic N) is 1. The fourth-order valence-corrected chi connectivity index (χ4v) is 4.03. The summed E-state index contributed by atoms with van der Waals surface area (Å²) in [5.41, 5.74) is 1.71. The molecule has 0 unspecified atom stereocenters. The van der Waals surface area contributed by atoms with Crippen LogP contribution in [0.5, 0.6) is 0 Å². The first-order valence-corrected chi connectivity index (χ1v) is 8.72. The van der Waals surface area contributed by atoms with Crippen molar-refractivity contribution in [1.82, 2.24) is 4.98 Å². The van der Waals surface area contributed by atoms with E-state index in [2.05, 4.69) is 10.3 Å². The second-order valence-electron chi connectivity index (χ2n) is 5.22. The second kappa shape index (κ2) is 6.60. The average molecular weight is 346 g/mol. The number of aromatic nitrogens is 1. The van der Waals surface area contributed by atoms with Gasteiger partial charge in [-0.2, -0.15) is 0 Å². The Hall–Kier alpha value is -2.05. The highest BCUT2D eigenvalue weighted by Crippen LogP contribution is 2.24. The smallest absolute Gasteiger partial charge is 0.258 e. The summed E-state index contributed by atoms with van der Waals surface area (Å²) < 4.78 is 12.9. The SMILES string of the molecule is Cc1cc(C(=O)Nc2ncc(Cc3ccc(F)cc3)s2)c(C)s1. The molecule has 0 aliphatic heterocycles. The van der Waals surface area contributed by atoms with Crippen LogP contribution in [-0.4, -0.2) is 10.9 Å². The lowest BCUT2D eigenvalue weighted by atomic mass is 10.1. The predicted molar refractivity (Wildman–Crippen MR) is 93.1 cm³/mol. The molecule has 118 valence electrons. The number of hydrogen-bond donors (Lipinski definition) is 1. The maximum absolute atomic E-state index is 12.9. The highest BCUT2D eigenvalue weighted by Gasteiger charge is 2.14. The maximum atomic E-state index is 12.9. The molecule has 0 aliphatic rings. The summed E-state index contributed by atoms with van der Waals surface area (Å²) in [6.45, 7) is 3.92. The molecule has 0 spiro atoms. The number of rotatable bonds is 4. The van der Waals surface area contributed by atoms with E-state index in [1.807, 2.05) is 19.9 Å². The van der Waals surface area contributed by atoms with Crippen LogP contribution >= 0.6 is 22.7 Å². The van der Waals surface area contributed by atoms with E-state index in [9.17, 15) is 9.18 Å². The van der Waals surface area contributed by atoms with Gasteiger partial charge in [0.2, 0.25) is 0 Å². The molecule has 2 heterocycles. The Bertz CT molecular complexity index is 837. The molecule has 3 nitrogen and oxygen atoms in total. The quantitative estimate of drug-likeness (QED) is 0.737. The third-order valence-electron chi connectivity index (χ3n) is 3.35. The molecule has 1 N–H and O–H groups in total. The number of amides is 1. The number of benzene rings is 1. The predicted octanol–water partition coefficient (Wildman–Crippen LogP) is 4.80. The zero-order valence-corrected chi connectivity index (χ0v) is 14.4. The van der Waals surface area contributed by atoms with E-state index in [0.29, 0.717) is 17.1 Å². The van der Waals surface area contributed by atoms with Crippen molar-refractivity contribution in [1.29, 1.82) is 0 Å². The van der Waals surface area contributed by atoms with Crippen molar-refractivity contribution in [2.45, 2.75) is 20.3 Å². The summed E-state index contributed by atoms with van der Waals surface area (Å²) in [7, 11) is 0. The van der Waals surface area contributed by atoms with E-state index >= 15 is 0 Å². The summed E-state index contributed by atoms with van der Waals surface area (Å²) in [5.74, 6) is -0.373. The van der Waals surface area contributed by atoms with Gasteiger partial charge in [-0.1, -0.05) is 12.1 Å². The molecule has 3 rings (SSSR count). The lowest BCUT2D eigenvalue weighted by Crippen LogP contribution is -2.11. The van der Waals surface area contributed by atoms with Crippen molar-refractivity contribution >= 4 is 33.7 Å². The lowest BCUT2D eigenvalue weighted by molar-refractivity contribution is 0.102. The van der Waals surface area contributed by atoms with Crippen LogP contribution in [-0.2, 0) is 6.42 Å². The molecule has 2 aromatic heterocycles.